The van der Waals surface area contributed by atoms with Gasteiger partial charge in [0, 0.05) is 13.1 Å². The van der Waals surface area contributed by atoms with Crippen LogP contribution in [-0.4, -0.2) is 65.7 Å². The standard InChI is InChI=1S/C18H25FN2O3/c19-15-4-6-16(7-5-15)24-12-17(22)21-11-3-8-18(23,14-21)13-20-9-1-2-10-20/h4-7,23H,1-3,8-14H2/t18-/m1/s1. The number of likely N-dealkylation sites (tertiary alicyclic amines) is 2. The van der Waals surface area contributed by atoms with Crippen LogP contribution in [0.25, 0.3) is 0 Å². The molecule has 132 valence electrons. The molecule has 0 bridgehead atoms. The summed E-state index contributed by atoms with van der Waals surface area (Å²) in [4.78, 5) is 16.3. The van der Waals surface area contributed by atoms with Crippen LogP contribution < -0.4 is 4.74 Å². The third-order valence-electron chi connectivity index (χ3n) is 4.80. The molecule has 2 fully saturated rings. The van der Waals surface area contributed by atoms with Gasteiger partial charge in [0.15, 0.2) is 6.61 Å². The maximum absolute atomic E-state index is 12.9. The van der Waals surface area contributed by atoms with Crippen molar-refractivity contribution < 1.29 is 19.0 Å². The summed E-state index contributed by atoms with van der Waals surface area (Å²) in [6.45, 7) is 3.61. The Bertz CT molecular complexity index is 560. The van der Waals surface area contributed by atoms with Gasteiger partial charge in [0.2, 0.25) is 0 Å². The minimum absolute atomic E-state index is 0.0918. The van der Waals surface area contributed by atoms with Gasteiger partial charge in [0.25, 0.3) is 5.91 Å². The molecule has 2 saturated heterocycles. The highest BCUT2D eigenvalue weighted by Crippen LogP contribution is 2.24. The number of carbonyl (C=O) groups excluding carboxylic acids is 1. The molecule has 24 heavy (non-hydrogen) atoms. The van der Waals surface area contributed by atoms with Crippen molar-refractivity contribution in [2.24, 2.45) is 0 Å². The second-order valence-corrected chi connectivity index (χ2v) is 6.87. The van der Waals surface area contributed by atoms with Crippen LogP contribution in [0, 0.1) is 5.82 Å². The third-order valence-corrected chi connectivity index (χ3v) is 4.80. The first-order valence-electron chi connectivity index (χ1n) is 8.65. The molecule has 1 aromatic carbocycles. The smallest absolute Gasteiger partial charge is 0.260 e. The van der Waals surface area contributed by atoms with Crippen LogP contribution >= 0.6 is 0 Å². The zero-order valence-corrected chi connectivity index (χ0v) is 13.9. The molecular weight excluding hydrogens is 311 g/mol. The van der Waals surface area contributed by atoms with E-state index in [1.54, 1.807) is 4.90 Å². The van der Waals surface area contributed by atoms with Gasteiger partial charge in [-0.1, -0.05) is 0 Å². The number of amides is 1. The maximum Gasteiger partial charge on any atom is 0.260 e. The van der Waals surface area contributed by atoms with Gasteiger partial charge in [-0.15, -0.1) is 0 Å². The highest BCUT2D eigenvalue weighted by Gasteiger charge is 2.37. The van der Waals surface area contributed by atoms with Gasteiger partial charge in [-0.2, -0.15) is 0 Å². The summed E-state index contributed by atoms with van der Waals surface area (Å²) in [7, 11) is 0. The fourth-order valence-electron chi connectivity index (χ4n) is 3.58. The molecule has 1 aromatic rings. The number of aliphatic hydroxyl groups is 1. The van der Waals surface area contributed by atoms with Crippen molar-refractivity contribution in [3.8, 4) is 5.75 Å². The van der Waals surface area contributed by atoms with Crippen molar-refractivity contribution in [3.05, 3.63) is 30.1 Å². The number of piperidine rings is 1. The summed E-state index contributed by atoms with van der Waals surface area (Å²) >= 11 is 0. The van der Waals surface area contributed by atoms with E-state index < -0.39 is 5.60 Å². The van der Waals surface area contributed by atoms with E-state index in [-0.39, 0.29) is 18.3 Å². The summed E-state index contributed by atoms with van der Waals surface area (Å²) in [5.41, 5.74) is -0.825. The van der Waals surface area contributed by atoms with Crippen molar-refractivity contribution >= 4 is 5.91 Å². The Morgan fingerprint density at radius 3 is 2.58 bits per heavy atom. The average Bonchev–Trinajstić information content (AvgIpc) is 3.06. The molecule has 2 heterocycles. The fraction of sp³-hybridized carbons (Fsp3) is 0.611. The van der Waals surface area contributed by atoms with Gasteiger partial charge in [0.05, 0.1) is 12.1 Å². The van der Waals surface area contributed by atoms with E-state index in [1.807, 2.05) is 0 Å². The molecule has 6 heteroatoms. The molecule has 2 aliphatic rings. The lowest BCUT2D eigenvalue weighted by molar-refractivity contribution is -0.141. The minimum Gasteiger partial charge on any atom is -0.484 e. The molecule has 3 rings (SSSR count). The van der Waals surface area contributed by atoms with E-state index in [9.17, 15) is 14.3 Å². The number of β-amino-alcohol motifs (C(OH)–C–C–N with tert-alkyl or cyclic N) is 1. The van der Waals surface area contributed by atoms with Crippen molar-refractivity contribution in [2.75, 3.05) is 39.3 Å². The van der Waals surface area contributed by atoms with E-state index >= 15 is 0 Å². The Kier molecular flexibility index (Phi) is 5.36. The molecule has 0 aromatic heterocycles. The second kappa shape index (κ2) is 7.49. The Labute approximate surface area is 142 Å². The van der Waals surface area contributed by atoms with E-state index in [2.05, 4.69) is 4.90 Å². The van der Waals surface area contributed by atoms with E-state index in [4.69, 9.17) is 4.74 Å². The Hall–Kier alpha value is -1.66. The molecule has 0 saturated carbocycles. The number of benzene rings is 1. The first-order valence-corrected chi connectivity index (χ1v) is 8.65. The zero-order valence-electron chi connectivity index (χ0n) is 13.9. The molecule has 0 spiro atoms. The summed E-state index contributed by atoms with van der Waals surface area (Å²) in [5.74, 6) is -0.00959. The van der Waals surface area contributed by atoms with Gasteiger partial charge in [0.1, 0.15) is 11.6 Å². The van der Waals surface area contributed by atoms with E-state index in [0.717, 1.165) is 25.9 Å². The number of rotatable bonds is 5. The van der Waals surface area contributed by atoms with Crippen LogP contribution in [0.2, 0.25) is 0 Å². The second-order valence-electron chi connectivity index (χ2n) is 6.87. The molecule has 5 nitrogen and oxygen atoms in total. The van der Waals surface area contributed by atoms with Crippen LogP contribution in [0.1, 0.15) is 25.7 Å². The first kappa shape index (κ1) is 17.2. The monoisotopic (exact) mass is 336 g/mol. The number of carbonyl (C=O) groups is 1. The van der Waals surface area contributed by atoms with Crippen molar-refractivity contribution in [1.29, 1.82) is 0 Å². The van der Waals surface area contributed by atoms with E-state index in [0.29, 0.717) is 25.4 Å². The highest BCUT2D eigenvalue weighted by atomic mass is 19.1. The van der Waals surface area contributed by atoms with Crippen LogP contribution in [-0.2, 0) is 4.79 Å². The lowest BCUT2D eigenvalue weighted by atomic mass is 9.92. The largest absolute Gasteiger partial charge is 0.484 e. The number of hydrogen-bond donors (Lipinski definition) is 1. The number of nitrogens with zero attached hydrogens (tertiary/aromatic N) is 2. The van der Waals surface area contributed by atoms with Gasteiger partial charge in [-0.3, -0.25) is 4.79 Å². The summed E-state index contributed by atoms with van der Waals surface area (Å²) in [6.07, 6.45) is 3.90. The Morgan fingerprint density at radius 2 is 1.88 bits per heavy atom. The normalized spacial score (nSPS) is 25.0. The lowest BCUT2D eigenvalue weighted by Crippen LogP contribution is -2.56. The predicted molar refractivity (Wildman–Crippen MR) is 88.3 cm³/mol. The van der Waals surface area contributed by atoms with Crippen molar-refractivity contribution in [2.45, 2.75) is 31.3 Å². The first-order chi connectivity index (χ1) is 11.5. The SMILES string of the molecule is O=C(COc1ccc(F)cc1)N1CCC[C@@](O)(CN2CCCC2)C1. The van der Waals surface area contributed by atoms with Crippen molar-refractivity contribution in [1.82, 2.24) is 9.80 Å². The number of ether oxygens (including phenoxy) is 1. The van der Waals surface area contributed by atoms with Crippen LogP contribution in [0.15, 0.2) is 24.3 Å². The van der Waals surface area contributed by atoms with Crippen LogP contribution in [0.5, 0.6) is 5.75 Å². The molecule has 0 unspecified atom stereocenters. The highest BCUT2D eigenvalue weighted by molar-refractivity contribution is 5.78. The number of halogens is 1. The average molecular weight is 336 g/mol. The molecule has 2 aliphatic heterocycles. The maximum atomic E-state index is 12.9. The van der Waals surface area contributed by atoms with Crippen molar-refractivity contribution in [3.63, 3.8) is 0 Å². The third kappa shape index (κ3) is 4.45. The van der Waals surface area contributed by atoms with Gasteiger partial charge >= 0.3 is 0 Å². The minimum atomic E-state index is -0.825. The molecule has 0 aliphatic carbocycles. The van der Waals surface area contributed by atoms with Gasteiger partial charge < -0.3 is 19.6 Å². The summed E-state index contributed by atoms with van der Waals surface area (Å²) in [5, 5.41) is 10.8. The molecular formula is C18H25FN2O3. The van der Waals surface area contributed by atoms with Crippen LogP contribution in [0.3, 0.4) is 0 Å². The lowest BCUT2D eigenvalue weighted by Gasteiger charge is -2.41. The molecule has 0 radical (unpaired) electrons. The Balaban J connectivity index is 1.51. The molecule has 1 atom stereocenters. The zero-order chi connectivity index (χ0) is 17.0. The quantitative estimate of drug-likeness (QED) is 0.888. The fourth-order valence-corrected chi connectivity index (χ4v) is 3.58. The van der Waals surface area contributed by atoms with E-state index in [1.165, 1.54) is 37.1 Å². The van der Waals surface area contributed by atoms with Gasteiger partial charge in [-0.25, -0.2) is 4.39 Å². The predicted octanol–water partition coefficient (Wildman–Crippen LogP) is 1.65. The summed E-state index contributed by atoms with van der Waals surface area (Å²) < 4.78 is 18.3. The molecule has 1 amide bonds. The summed E-state index contributed by atoms with van der Waals surface area (Å²) in [6, 6.07) is 5.61. The Morgan fingerprint density at radius 1 is 1.17 bits per heavy atom. The molecule has 1 N–H and O–H groups in total. The number of hydrogen-bond acceptors (Lipinski definition) is 4. The van der Waals surface area contributed by atoms with Crippen LogP contribution in [0.4, 0.5) is 4.39 Å². The topological polar surface area (TPSA) is 53.0 Å². The van der Waals surface area contributed by atoms with Gasteiger partial charge in [-0.05, 0) is 63.0 Å².